The molecule has 5 heteroatoms. The smallest absolute Gasteiger partial charge is 0.144 e. The predicted molar refractivity (Wildman–Crippen MR) is 78.3 cm³/mol. The third-order valence-electron chi connectivity index (χ3n) is 3.34. The molecule has 0 atom stereocenters. The summed E-state index contributed by atoms with van der Waals surface area (Å²) < 4.78 is 1.84. The molecule has 0 amide bonds. The fraction of sp³-hybridized carbons (Fsp3) is 0.571. The van der Waals surface area contributed by atoms with Crippen molar-refractivity contribution in [2.45, 2.75) is 38.6 Å². The second kappa shape index (κ2) is 5.43. The summed E-state index contributed by atoms with van der Waals surface area (Å²) in [4.78, 5) is 6.24. The van der Waals surface area contributed by atoms with Crippen LogP contribution in [0.1, 0.15) is 42.7 Å². The van der Waals surface area contributed by atoms with Crippen LogP contribution in [0.5, 0.6) is 0 Å². The van der Waals surface area contributed by atoms with Gasteiger partial charge in [0.25, 0.3) is 0 Å². The van der Waals surface area contributed by atoms with E-state index in [4.69, 9.17) is 4.98 Å². The maximum absolute atomic E-state index is 4.84. The molecule has 2 aromatic rings. The molecule has 2 aromatic heterocycles. The Morgan fingerprint density at radius 3 is 2.95 bits per heavy atom. The van der Waals surface area contributed by atoms with E-state index in [0.29, 0.717) is 5.92 Å². The van der Waals surface area contributed by atoms with Gasteiger partial charge in [-0.2, -0.15) is 5.10 Å². The van der Waals surface area contributed by atoms with Gasteiger partial charge in [0.15, 0.2) is 0 Å². The lowest BCUT2D eigenvalue weighted by Gasteiger charge is -2.01. The van der Waals surface area contributed by atoms with Crippen molar-refractivity contribution < 1.29 is 0 Å². The highest BCUT2D eigenvalue weighted by Crippen LogP contribution is 2.44. The molecule has 2 heterocycles. The summed E-state index contributed by atoms with van der Waals surface area (Å²) in [7, 11) is 1.95. The van der Waals surface area contributed by atoms with Gasteiger partial charge in [-0.05, 0) is 31.9 Å². The highest BCUT2D eigenvalue weighted by atomic mass is 32.1. The van der Waals surface area contributed by atoms with Crippen LogP contribution in [0.4, 0.5) is 0 Å². The van der Waals surface area contributed by atoms with Gasteiger partial charge in [0, 0.05) is 30.6 Å². The minimum absolute atomic E-state index is 0.701. The number of thiazole rings is 1. The molecule has 0 aromatic carbocycles. The van der Waals surface area contributed by atoms with Gasteiger partial charge >= 0.3 is 0 Å². The van der Waals surface area contributed by atoms with E-state index in [9.17, 15) is 0 Å². The predicted octanol–water partition coefficient (Wildman–Crippen LogP) is 2.92. The molecular formula is C14H20N4S. The fourth-order valence-electron chi connectivity index (χ4n) is 2.18. The Bertz CT molecular complexity index is 554. The van der Waals surface area contributed by atoms with Crippen molar-refractivity contribution in [2.24, 2.45) is 7.05 Å². The second-order valence-electron chi connectivity index (χ2n) is 5.15. The summed E-state index contributed by atoms with van der Waals surface area (Å²) in [5.41, 5.74) is 2.31. The average molecular weight is 276 g/mol. The lowest BCUT2D eigenvalue weighted by atomic mass is 10.2. The summed E-state index contributed by atoms with van der Waals surface area (Å²) in [5, 5.41) is 9.01. The molecule has 1 aliphatic carbocycles. The Labute approximate surface area is 117 Å². The molecule has 1 N–H and O–H groups in total. The van der Waals surface area contributed by atoms with Crippen LogP contribution in [0.25, 0.3) is 10.7 Å². The lowest BCUT2D eigenvalue weighted by Crippen LogP contribution is -2.13. The molecular weight excluding hydrogens is 256 g/mol. The van der Waals surface area contributed by atoms with Crippen LogP contribution in [-0.2, 0) is 13.6 Å². The van der Waals surface area contributed by atoms with E-state index in [1.165, 1.54) is 29.8 Å². The quantitative estimate of drug-likeness (QED) is 0.825. The van der Waals surface area contributed by atoms with Gasteiger partial charge < -0.3 is 5.32 Å². The third kappa shape index (κ3) is 2.87. The zero-order chi connectivity index (χ0) is 13.2. The molecule has 1 aliphatic rings. The van der Waals surface area contributed by atoms with Crippen molar-refractivity contribution in [1.29, 1.82) is 0 Å². The molecule has 102 valence electrons. The van der Waals surface area contributed by atoms with Crippen LogP contribution in [-0.4, -0.2) is 21.3 Å². The second-order valence-corrected chi connectivity index (χ2v) is 6.24. The summed E-state index contributed by atoms with van der Waals surface area (Å²) in [5.74, 6) is 0.701. The minimum atomic E-state index is 0.701. The molecule has 3 rings (SSSR count). The van der Waals surface area contributed by atoms with Crippen LogP contribution in [0.15, 0.2) is 12.3 Å². The monoisotopic (exact) mass is 276 g/mol. The number of rotatable bonds is 6. The van der Waals surface area contributed by atoms with Crippen molar-refractivity contribution in [1.82, 2.24) is 20.1 Å². The number of nitrogens with zero attached hydrogens (tertiary/aromatic N) is 3. The van der Waals surface area contributed by atoms with Gasteiger partial charge in [0.2, 0.25) is 0 Å². The van der Waals surface area contributed by atoms with E-state index in [0.717, 1.165) is 23.8 Å². The first-order valence-electron chi connectivity index (χ1n) is 6.98. The van der Waals surface area contributed by atoms with Crippen molar-refractivity contribution in [3.63, 3.8) is 0 Å². The topological polar surface area (TPSA) is 42.7 Å². The first-order chi connectivity index (χ1) is 9.28. The Morgan fingerprint density at radius 1 is 1.47 bits per heavy atom. The van der Waals surface area contributed by atoms with Crippen molar-refractivity contribution in [3.05, 3.63) is 22.8 Å². The van der Waals surface area contributed by atoms with E-state index in [2.05, 4.69) is 17.3 Å². The van der Waals surface area contributed by atoms with E-state index >= 15 is 0 Å². The lowest BCUT2D eigenvalue weighted by molar-refractivity contribution is 0.676. The van der Waals surface area contributed by atoms with Gasteiger partial charge in [-0.15, -0.1) is 11.3 Å². The summed E-state index contributed by atoms with van der Waals surface area (Å²) >= 11 is 1.80. The molecule has 0 aliphatic heterocycles. The fourth-order valence-corrected chi connectivity index (χ4v) is 3.27. The standard InChI is InChI=1S/C14H20N4S/c1-3-7-15-9-12-13(10-4-5-10)16-14(19-12)11-6-8-18(2)17-11/h6,8,10,15H,3-5,7,9H2,1-2H3. The number of aromatic nitrogens is 3. The highest BCUT2D eigenvalue weighted by molar-refractivity contribution is 7.15. The molecule has 1 saturated carbocycles. The molecule has 0 spiro atoms. The Balaban J connectivity index is 1.83. The largest absolute Gasteiger partial charge is 0.312 e. The Morgan fingerprint density at radius 2 is 2.32 bits per heavy atom. The van der Waals surface area contributed by atoms with Gasteiger partial charge in [-0.3, -0.25) is 4.68 Å². The maximum atomic E-state index is 4.84. The molecule has 0 saturated heterocycles. The molecule has 0 unspecified atom stereocenters. The first-order valence-corrected chi connectivity index (χ1v) is 7.80. The minimum Gasteiger partial charge on any atom is -0.312 e. The van der Waals surface area contributed by atoms with Crippen molar-refractivity contribution in [2.75, 3.05) is 6.54 Å². The molecule has 1 fully saturated rings. The van der Waals surface area contributed by atoms with Gasteiger partial charge in [-0.25, -0.2) is 4.98 Å². The maximum Gasteiger partial charge on any atom is 0.144 e. The first kappa shape index (κ1) is 12.8. The van der Waals surface area contributed by atoms with Gasteiger partial charge in [-0.1, -0.05) is 6.92 Å². The molecule has 0 radical (unpaired) electrons. The number of hydrogen-bond donors (Lipinski definition) is 1. The van der Waals surface area contributed by atoms with Crippen LogP contribution in [0.2, 0.25) is 0 Å². The third-order valence-corrected chi connectivity index (χ3v) is 4.43. The van der Waals surface area contributed by atoms with Crippen LogP contribution >= 0.6 is 11.3 Å². The highest BCUT2D eigenvalue weighted by Gasteiger charge is 2.29. The number of nitrogens with one attached hydrogen (secondary N) is 1. The average Bonchev–Trinajstić information content (AvgIpc) is 3.01. The SMILES string of the molecule is CCCNCc1sc(-c2ccn(C)n2)nc1C1CC1. The zero-order valence-electron chi connectivity index (χ0n) is 11.5. The Kier molecular flexibility index (Phi) is 3.66. The van der Waals surface area contributed by atoms with Crippen molar-refractivity contribution >= 4 is 11.3 Å². The molecule has 0 bridgehead atoms. The van der Waals surface area contributed by atoms with Crippen LogP contribution in [0.3, 0.4) is 0 Å². The number of aryl methyl sites for hydroxylation is 1. The Hall–Kier alpha value is -1.20. The van der Waals surface area contributed by atoms with E-state index in [-0.39, 0.29) is 0 Å². The summed E-state index contributed by atoms with van der Waals surface area (Å²) in [6, 6.07) is 2.04. The van der Waals surface area contributed by atoms with Crippen LogP contribution in [0, 0.1) is 0 Å². The summed E-state index contributed by atoms with van der Waals surface area (Å²) in [6.07, 6.45) is 5.74. The van der Waals surface area contributed by atoms with Gasteiger partial charge in [0.1, 0.15) is 10.7 Å². The van der Waals surface area contributed by atoms with Gasteiger partial charge in [0.05, 0.1) is 5.69 Å². The molecule has 4 nitrogen and oxygen atoms in total. The number of hydrogen-bond acceptors (Lipinski definition) is 4. The zero-order valence-corrected chi connectivity index (χ0v) is 12.3. The van der Waals surface area contributed by atoms with E-state index in [1.807, 2.05) is 24.0 Å². The normalized spacial score (nSPS) is 15.1. The summed E-state index contributed by atoms with van der Waals surface area (Å²) in [6.45, 7) is 4.21. The van der Waals surface area contributed by atoms with E-state index in [1.54, 1.807) is 11.3 Å². The van der Waals surface area contributed by atoms with E-state index < -0.39 is 0 Å². The van der Waals surface area contributed by atoms with Crippen molar-refractivity contribution in [3.8, 4) is 10.7 Å². The molecule has 19 heavy (non-hydrogen) atoms. The van der Waals surface area contributed by atoms with Crippen LogP contribution < -0.4 is 5.32 Å².